The van der Waals surface area contributed by atoms with E-state index in [0.29, 0.717) is 34.0 Å². The summed E-state index contributed by atoms with van der Waals surface area (Å²) in [4.78, 5) is 27.0. The van der Waals surface area contributed by atoms with E-state index >= 15 is 0 Å². The molecule has 3 rings (SSSR count). The average Bonchev–Trinajstić information content (AvgIpc) is 3.05. The summed E-state index contributed by atoms with van der Waals surface area (Å²) in [6, 6.07) is 3.09. The van der Waals surface area contributed by atoms with Crippen molar-refractivity contribution in [1.82, 2.24) is 4.98 Å². The Kier molecular flexibility index (Phi) is 2.60. The Morgan fingerprint density at radius 3 is 2.79 bits per heavy atom. The second kappa shape index (κ2) is 4.06. The van der Waals surface area contributed by atoms with Crippen LogP contribution >= 0.6 is 11.6 Å². The lowest BCUT2D eigenvalue weighted by atomic mass is 10.1. The van der Waals surface area contributed by atoms with Crippen molar-refractivity contribution < 1.29 is 19.1 Å². The maximum Gasteiger partial charge on any atom is 0.307 e. The van der Waals surface area contributed by atoms with E-state index in [0.717, 1.165) is 0 Å². The molecule has 19 heavy (non-hydrogen) atoms. The van der Waals surface area contributed by atoms with Crippen LogP contribution in [-0.2, 0) is 4.79 Å². The number of fused-ring (bicyclic) bond motifs is 1. The van der Waals surface area contributed by atoms with Crippen molar-refractivity contribution in [2.45, 2.75) is 13.3 Å². The highest BCUT2D eigenvalue weighted by Crippen LogP contribution is 2.41. The van der Waals surface area contributed by atoms with Crippen LogP contribution < -0.4 is 0 Å². The molecule has 5 nitrogen and oxygen atoms in total. The summed E-state index contributed by atoms with van der Waals surface area (Å²) in [5.41, 5.74) is 1.34. The van der Waals surface area contributed by atoms with Crippen LogP contribution in [-0.4, -0.2) is 21.8 Å². The Morgan fingerprint density at radius 2 is 2.16 bits per heavy atom. The molecule has 0 spiro atoms. The highest BCUT2D eigenvalue weighted by Gasteiger charge is 2.48. The van der Waals surface area contributed by atoms with E-state index in [1.165, 1.54) is 6.07 Å². The monoisotopic (exact) mass is 279 g/mol. The van der Waals surface area contributed by atoms with Gasteiger partial charge in [0.25, 0.3) is 0 Å². The molecule has 0 amide bonds. The number of halogens is 1. The molecule has 0 bridgehead atoms. The number of carboxylic acids is 1. The molecular weight excluding hydrogens is 270 g/mol. The van der Waals surface area contributed by atoms with Gasteiger partial charge in [-0.2, -0.15) is 0 Å². The molecule has 1 fully saturated rings. The van der Waals surface area contributed by atoms with E-state index in [1.807, 2.05) is 0 Å². The van der Waals surface area contributed by atoms with Gasteiger partial charge in [-0.3, -0.25) is 9.59 Å². The minimum Gasteiger partial charge on any atom is -0.481 e. The Labute approximate surface area is 113 Å². The van der Waals surface area contributed by atoms with Gasteiger partial charge in [-0.25, -0.2) is 4.98 Å². The molecule has 0 unspecified atom stereocenters. The van der Waals surface area contributed by atoms with Gasteiger partial charge in [0.15, 0.2) is 17.3 Å². The average molecular weight is 280 g/mol. The Morgan fingerprint density at radius 1 is 1.42 bits per heavy atom. The highest BCUT2D eigenvalue weighted by molar-refractivity contribution is 6.35. The van der Waals surface area contributed by atoms with Crippen LogP contribution in [0.25, 0.3) is 11.1 Å². The van der Waals surface area contributed by atoms with Crippen molar-refractivity contribution in [3.05, 3.63) is 28.6 Å². The van der Waals surface area contributed by atoms with Gasteiger partial charge in [-0.1, -0.05) is 11.6 Å². The lowest BCUT2D eigenvalue weighted by molar-refractivity contribution is -0.138. The predicted octanol–water partition coefficient (Wildman–Crippen LogP) is 2.69. The number of aliphatic carboxylic acids is 1. The fourth-order valence-corrected chi connectivity index (χ4v) is 2.47. The number of carbonyl (C=O) groups excluding carboxylic acids is 1. The molecule has 0 radical (unpaired) electrons. The van der Waals surface area contributed by atoms with Crippen molar-refractivity contribution in [1.29, 1.82) is 0 Å². The molecule has 1 aromatic heterocycles. The number of benzene rings is 1. The molecule has 6 heteroatoms. The molecular formula is C13H10ClNO4. The first kappa shape index (κ1) is 12.2. The van der Waals surface area contributed by atoms with Crippen molar-refractivity contribution in [2.75, 3.05) is 0 Å². The van der Waals surface area contributed by atoms with E-state index in [9.17, 15) is 9.59 Å². The zero-order valence-corrected chi connectivity index (χ0v) is 10.8. The van der Waals surface area contributed by atoms with E-state index < -0.39 is 17.8 Å². The molecule has 1 aromatic carbocycles. The minimum absolute atomic E-state index is 0.203. The first-order chi connectivity index (χ1) is 8.97. The smallest absolute Gasteiger partial charge is 0.307 e. The fourth-order valence-electron chi connectivity index (χ4n) is 2.21. The van der Waals surface area contributed by atoms with Gasteiger partial charge in [0.2, 0.25) is 0 Å². The van der Waals surface area contributed by atoms with Gasteiger partial charge >= 0.3 is 5.97 Å². The van der Waals surface area contributed by atoms with Crippen molar-refractivity contribution >= 4 is 34.5 Å². The number of aromatic nitrogens is 1. The highest BCUT2D eigenvalue weighted by atomic mass is 35.5. The number of hydrogen-bond acceptors (Lipinski definition) is 4. The molecule has 1 aliphatic rings. The van der Waals surface area contributed by atoms with E-state index in [2.05, 4.69) is 4.98 Å². The zero-order valence-electron chi connectivity index (χ0n) is 10.0. The van der Waals surface area contributed by atoms with Crippen molar-refractivity contribution in [3.8, 4) is 0 Å². The number of hydrogen-bond donors (Lipinski definition) is 1. The number of aryl methyl sites for hydroxylation is 1. The van der Waals surface area contributed by atoms with Gasteiger partial charge in [0.1, 0.15) is 5.52 Å². The molecule has 2 aromatic rings. The van der Waals surface area contributed by atoms with Gasteiger partial charge in [-0.05, 0) is 18.6 Å². The molecule has 1 aliphatic carbocycles. The topological polar surface area (TPSA) is 80.4 Å². The summed E-state index contributed by atoms with van der Waals surface area (Å²) in [6.07, 6.45) is 0.388. The Hall–Kier alpha value is -1.88. The summed E-state index contributed by atoms with van der Waals surface area (Å²) < 4.78 is 5.35. The molecule has 1 N–H and O–H groups in total. The molecule has 98 valence electrons. The summed E-state index contributed by atoms with van der Waals surface area (Å²) in [6.45, 7) is 1.69. The first-order valence-electron chi connectivity index (χ1n) is 5.81. The summed E-state index contributed by atoms with van der Waals surface area (Å²) in [5, 5.41) is 9.18. The Bertz CT molecular complexity index is 706. The third kappa shape index (κ3) is 2.00. The van der Waals surface area contributed by atoms with E-state index in [1.54, 1.807) is 13.0 Å². The molecule has 1 saturated carbocycles. The quantitative estimate of drug-likeness (QED) is 0.874. The number of carboxylic acid groups (broad SMARTS) is 1. The number of nitrogens with zero attached hydrogens (tertiary/aromatic N) is 1. The van der Waals surface area contributed by atoms with E-state index in [-0.39, 0.29) is 5.78 Å². The van der Waals surface area contributed by atoms with E-state index in [4.69, 9.17) is 21.1 Å². The number of carbonyl (C=O) groups is 2. The molecule has 0 saturated heterocycles. The second-order valence-electron chi connectivity index (χ2n) is 4.69. The van der Waals surface area contributed by atoms with Crippen molar-refractivity contribution in [3.63, 3.8) is 0 Å². The maximum atomic E-state index is 12.1. The predicted molar refractivity (Wildman–Crippen MR) is 67.3 cm³/mol. The third-order valence-corrected chi connectivity index (χ3v) is 3.57. The molecule has 0 aliphatic heterocycles. The minimum atomic E-state index is -0.930. The lowest BCUT2D eigenvalue weighted by Crippen LogP contribution is -2.08. The summed E-state index contributed by atoms with van der Waals surface area (Å²) in [7, 11) is 0. The van der Waals surface area contributed by atoms with Gasteiger partial charge in [-0.15, -0.1) is 0 Å². The van der Waals surface area contributed by atoms with Crippen LogP contribution in [0, 0.1) is 18.8 Å². The number of ketones is 1. The van der Waals surface area contributed by atoms with Crippen molar-refractivity contribution in [2.24, 2.45) is 11.8 Å². The lowest BCUT2D eigenvalue weighted by Gasteiger charge is -2.00. The second-order valence-corrected chi connectivity index (χ2v) is 5.10. The number of rotatable bonds is 3. The normalized spacial score (nSPS) is 21.6. The SMILES string of the molecule is Cc1nc2c(Cl)cc(C(=O)[C@H]3C[C@@H]3C(=O)O)cc2o1. The van der Waals surface area contributed by atoms with Crippen LogP contribution in [0.2, 0.25) is 5.02 Å². The van der Waals surface area contributed by atoms with Crippen LogP contribution in [0.15, 0.2) is 16.5 Å². The van der Waals surface area contributed by atoms with Gasteiger partial charge in [0.05, 0.1) is 10.9 Å². The number of oxazole rings is 1. The summed E-state index contributed by atoms with van der Waals surface area (Å²) >= 11 is 6.05. The summed E-state index contributed by atoms with van der Waals surface area (Å²) in [5.74, 6) is -1.68. The first-order valence-corrected chi connectivity index (χ1v) is 6.19. The maximum absolute atomic E-state index is 12.1. The molecule has 1 heterocycles. The zero-order chi connectivity index (χ0) is 13.7. The van der Waals surface area contributed by atoms with Gasteiger partial charge in [0, 0.05) is 18.4 Å². The van der Waals surface area contributed by atoms with Crippen LogP contribution in [0.3, 0.4) is 0 Å². The van der Waals surface area contributed by atoms with Crippen LogP contribution in [0.4, 0.5) is 0 Å². The third-order valence-electron chi connectivity index (χ3n) is 3.28. The molecule has 2 atom stereocenters. The standard InChI is InChI=1S/C13H10ClNO4/c1-5-15-11-9(14)2-6(3-10(11)19-5)12(16)7-4-8(7)13(17)18/h2-3,7-8H,4H2,1H3,(H,17,18)/t7-,8-/m0/s1. The fraction of sp³-hybridized carbons (Fsp3) is 0.308. The Balaban J connectivity index is 1.97. The van der Waals surface area contributed by atoms with Crippen LogP contribution in [0.1, 0.15) is 22.7 Å². The largest absolute Gasteiger partial charge is 0.481 e. The van der Waals surface area contributed by atoms with Gasteiger partial charge < -0.3 is 9.52 Å². The number of Topliss-reactive ketones (excluding diaryl/α,β-unsaturated/α-hetero) is 1. The van der Waals surface area contributed by atoms with Crippen LogP contribution in [0.5, 0.6) is 0 Å².